The Morgan fingerprint density at radius 2 is 2.04 bits per heavy atom. The average Bonchev–Trinajstić information content (AvgIpc) is 2.54. The topological polar surface area (TPSA) is 87.4 Å². The molecule has 0 aromatic heterocycles. The molecule has 5 nitrogen and oxygen atoms in total. The molecule has 2 unspecified atom stereocenters. The van der Waals surface area contributed by atoms with E-state index in [4.69, 9.17) is 5.73 Å². The monoisotopic (exact) mass is 339 g/mol. The van der Waals surface area contributed by atoms with Crippen molar-refractivity contribution in [3.8, 4) is 0 Å². The second-order valence-electron chi connectivity index (χ2n) is 7.54. The molecule has 0 saturated carbocycles. The lowest BCUT2D eigenvalue weighted by atomic mass is 9.80. The molecule has 0 bridgehead atoms. The van der Waals surface area contributed by atoms with E-state index >= 15 is 0 Å². The number of nitrogens with one attached hydrogen (secondary N) is 2. The summed E-state index contributed by atoms with van der Waals surface area (Å²) in [5.74, 6) is -0.329. The molecule has 1 aliphatic heterocycles. The highest BCUT2D eigenvalue weighted by atomic mass is 16.3. The van der Waals surface area contributed by atoms with Gasteiger partial charge in [-0.15, -0.1) is 0 Å². The molecule has 0 radical (unpaired) electrons. The Kier molecular flexibility index (Phi) is 4.54. The Balaban J connectivity index is 1.83. The van der Waals surface area contributed by atoms with Crippen molar-refractivity contribution >= 4 is 11.6 Å². The number of nitrogens with two attached hydrogens (primary N) is 1. The number of hydrogen-bond acceptors (Lipinski definition) is 4. The fourth-order valence-corrected chi connectivity index (χ4v) is 3.21. The summed E-state index contributed by atoms with van der Waals surface area (Å²) in [6, 6.07) is 7.28. The van der Waals surface area contributed by atoms with Crippen LogP contribution in [0.5, 0.6) is 0 Å². The van der Waals surface area contributed by atoms with E-state index in [1.165, 1.54) is 0 Å². The van der Waals surface area contributed by atoms with Gasteiger partial charge in [-0.1, -0.05) is 45.0 Å². The Morgan fingerprint density at radius 3 is 2.76 bits per heavy atom. The summed E-state index contributed by atoms with van der Waals surface area (Å²) in [6.45, 7) is 6.30. The van der Waals surface area contributed by atoms with Gasteiger partial charge in [0, 0.05) is 29.2 Å². The predicted molar refractivity (Wildman–Crippen MR) is 99.5 cm³/mol. The number of aliphatic hydroxyl groups excluding tert-OH is 1. The number of fused-ring (bicyclic) bond motifs is 1. The van der Waals surface area contributed by atoms with Gasteiger partial charge in [-0.3, -0.25) is 4.79 Å². The molecular weight excluding hydrogens is 314 g/mol. The average molecular weight is 339 g/mol. The molecule has 0 saturated heterocycles. The van der Waals surface area contributed by atoms with Crippen molar-refractivity contribution in [3.05, 3.63) is 65.0 Å². The van der Waals surface area contributed by atoms with Crippen LogP contribution < -0.4 is 16.4 Å². The van der Waals surface area contributed by atoms with Gasteiger partial charge in [0.1, 0.15) is 6.10 Å². The summed E-state index contributed by atoms with van der Waals surface area (Å²) in [6.07, 6.45) is 5.32. The van der Waals surface area contributed by atoms with Crippen molar-refractivity contribution in [2.75, 3.05) is 5.32 Å². The molecule has 3 rings (SSSR count). The second-order valence-corrected chi connectivity index (χ2v) is 7.54. The van der Waals surface area contributed by atoms with Crippen LogP contribution in [-0.4, -0.2) is 17.1 Å². The van der Waals surface area contributed by atoms with Gasteiger partial charge < -0.3 is 21.5 Å². The van der Waals surface area contributed by atoms with Crippen LogP contribution in [0.15, 0.2) is 59.5 Å². The number of carbonyl (C=O) groups excluding carboxylic acids is 1. The zero-order valence-electron chi connectivity index (χ0n) is 14.8. The van der Waals surface area contributed by atoms with E-state index in [0.717, 1.165) is 23.4 Å². The normalized spacial score (nSPS) is 22.8. The Bertz CT molecular complexity index is 784. The van der Waals surface area contributed by atoms with Gasteiger partial charge in [0.15, 0.2) is 0 Å². The summed E-state index contributed by atoms with van der Waals surface area (Å²) in [5.41, 5.74) is 9.48. The summed E-state index contributed by atoms with van der Waals surface area (Å²) >= 11 is 0. The third kappa shape index (κ3) is 3.52. The van der Waals surface area contributed by atoms with Crippen LogP contribution in [0.4, 0.5) is 5.69 Å². The standard InChI is InChI=1S/C20H25N3O2/c1-20(2,3)15-9-8-12(21)10-17(15)23-19(25)14-11-22-16-7-5-4-6-13(16)18(14)24/h4-7,9-12,18,22,24H,8,21H2,1-3H3,(H,23,25). The first-order chi connectivity index (χ1) is 11.8. The number of hydrogen-bond donors (Lipinski definition) is 4. The summed E-state index contributed by atoms with van der Waals surface area (Å²) in [4.78, 5) is 12.8. The first kappa shape index (κ1) is 17.5. The van der Waals surface area contributed by atoms with Gasteiger partial charge in [0.2, 0.25) is 0 Å². The molecule has 1 aromatic rings. The van der Waals surface area contributed by atoms with Crippen molar-refractivity contribution < 1.29 is 9.90 Å². The number of amides is 1. The van der Waals surface area contributed by atoms with E-state index < -0.39 is 6.10 Å². The van der Waals surface area contributed by atoms with Crippen LogP contribution >= 0.6 is 0 Å². The number of anilines is 1. The predicted octanol–water partition coefficient (Wildman–Crippen LogP) is 2.73. The van der Waals surface area contributed by atoms with Crippen LogP contribution in [0, 0.1) is 5.41 Å². The van der Waals surface area contributed by atoms with Gasteiger partial charge in [-0.25, -0.2) is 0 Å². The third-order valence-electron chi connectivity index (χ3n) is 4.52. The summed E-state index contributed by atoms with van der Waals surface area (Å²) in [5, 5.41) is 16.6. The molecule has 1 aliphatic carbocycles. The first-order valence-electron chi connectivity index (χ1n) is 8.50. The minimum atomic E-state index is -0.961. The number of benzene rings is 1. The molecule has 1 aromatic carbocycles. The van der Waals surface area contributed by atoms with E-state index in [9.17, 15) is 9.90 Å². The molecular formula is C20H25N3O2. The number of rotatable bonds is 2. The molecule has 25 heavy (non-hydrogen) atoms. The van der Waals surface area contributed by atoms with Crippen molar-refractivity contribution in [1.29, 1.82) is 0 Å². The van der Waals surface area contributed by atoms with Crippen LogP contribution in [0.3, 0.4) is 0 Å². The van der Waals surface area contributed by atoms with Crippen LogP contribution in [0.25, 0.3) is 0 Å². The Hall–Kier alpha value is -2.37. The van der Waals surface area contributed by atoms with E-state index in [-0.39, 0.29) is 22.9 Å². The Morgan fingerprint density at radius 1 is 1.32 bits per heavy atom. The SMILES string of the molecule is CC(C)(C)C1=CCC(N)C=C1NC(=O)C1=CNc2ccccc2C1O. The summed E-state index contributed by atoms with van der Waals surface area (Å²) in [7, 11) is 0. The molecule has 0 spiro atoms. The van der Waals surface area contributed by atoms with Crippen molar-refractivity contribution in [2.45, 2.75) is 39.3 Å². The van der Waals surface area contributed by atoms with Crippen LogP contribution in [-0.2, 0) is 4.79 Å². The zero-order valence-corrected chi connectivity index (χ0v) is 14.8. The number of carbonyl (C=O) groups is 1. The molecule has 0 fully saturated rings. The largest absolute Gasteiger partial charge is 0.383 e. The molecule has 2 atom stereocenters. The van der Waals surface area contributed by atoms with Gasteiger partial charge in [-0.05, 0) is 29.6 Å². The quantitative estimate of drug-likeness (QED) is 0.667. The van der Waals surface area contributed by atoms with Crippen molar-refractivity contribution in [1.82, 2.24) is 5.32 Å². The maximum Gasteiger partial charge on any atom is 0.256 e. The smallest absolute Gasteiger partial charge is 0.256 e. The van der Waals surface area contributed by atoms with E-state index in [0.29, 0.717) is 5.56 Å². The van der Waals surface area contributed by atoms with Gasteiger partial charge in [0.05, 0.1) is 5.57 Å². The molecule has 2 aliphatic rings. The molecule has 1 amide bonds. The minimum Gasteiger partial charge on any atom is -0.383 e. The lowest BCUT2D eigenvalue weighted by molar-refractivity contribution is -0.117. The van der Waals surface area contributed by atoms with Gasteiger partial charge >= 0.3 is 0 Å². The third-order valence-corrected chi connectivity index (χ3v) is 4.52. The number of allylic oxidation sites excluding steroid dienone is 1. The lowest BCUT2D eigenvalue weighted by Gasteiger charge is -2.30. The van der Waals surface area contributed by atoms with Gasteiger partial charge in [-0.2, -0.15) is 0 Å². The lowest BCUT2D eigenvalue weighted by Crippen LogP contribution is -2.35. The highest BCUT2D eigenvalue weighted by Gasteiger charge is 2.29. The van der Waals surface area contributed by atoms with Crippen molar-refractivity contribution in [2.24, 2.45) is 11.1 Å². The maximum atomic E-state index is 12.8. The highest BCUT2D eigenvalue weighted by molar-refractivity contribution is 5.97. The second kappa shape index (κ2) is 6.50. The van der Waals surface area contributed by atoms with Crippen LogP contribution in [0.2, 0.25) is 0 Å². The number of aliphatic hydroxyl groups is 1. The fourth-order valence-electron chi connectivity index (χ4n) is 3.21. The van der Waals surface area contributed by atoms with Crippen molar-refractivity contribution in [3.63, 3.8) is 0 Å². The van der Waals surface area contributed by atoms with E-state index in [1.54, 1.807) is 6.20 Å². The molecule has 5 heteroatoms. The molecule has 1 heterocycles. The fraction of sp³-hybridized carbons (Fsp3) is 0.350. The maximum absolute atomic E-state index is 12.8. The van der Waals surface area contributed by atoms with Gasteiger partial charge in [0.25, 0.3) is 5.91 Å². The highest BCUT2D eigenvalue weighted by Crippen LogP contribution is 2.35. The van der Waals surface area contributed by atoms with Crippen LogP contribution in [0.1, 0.15) is 38.9 Å². The minimum absolute atomic E-state index is 0.107. The zero-order chi connectivity index (χ0) is 18.2. The first-order valence-corrected chi connectivity index (χ1v) is 8.50. The molecule has 5 N–H and O–H groups in total. The number of para-hydroxylation sites is 1. The molecule has 132 valence electrons. The van der Waals surface area contributed by atoms with E-state index in [1.807, 2.05) is 30.3 Å². The summed E-state index contributed by atoms with van der Waals surface area (Å²) < 4.78 is 0. The van der Waals surface area contributed by atoms with E-state index in [2.05, 4.69) is 37.5 Å². The Labute approximate surface area is 148 Å².